The minimum absolute atomic E-state index is 0.0177. The van der Waals surface area contributed by atoms with Crippen molar-refractivity contribution in [1.82, 2.24) is 4.90 Å². The molecule has 1 saturated heterocycles. The van der Waals surface area contributed by atoms with E-state index in [-0.39, 0.29) is 12.5 Å². The molecule has 1 N–H and O–H groups in total. The van der Waals surface area contributed by atoms with Crippen LogP contribution in [-0.2, 0) is 4.79 Å². The molecule has 0 spiro atoms. The van der Waals surface area contributed by atoms with Gasteiger partial charge in [0.2, 0.25) is 0 Å². The average molecular weight is 342 g/mol. The van der Waals surface area contributed by atoms with Gasteiger partial charge in [0.1, 0.15) is 5.75 Å². The quantitative estimate of drug-likeness (QED) is 0.915. The zero-order valence-corrected chi connectivity index (χ0v) is 13.2. The van der Waals surface area contributed by atoms with E-state index in [0.29, 0.717) is 11.3 Å². The van der Waals surface area contributed by atoms with Crippen molar-refractivity contribution in [1.29, 1.82) is 0 Å². The van der Waals surface area contributed by atoms with Crippen LogP contribution in [0.5, 0.6) is 5.75 Å². The van der Waals surface area contributed by atoms with E-state index >= 15 is 0 Å². The Balaban J connectivity index is 1.98. The van der Waals surface area contributed by atoms with Gasteiger partial charge in [-0.05, 0) is 44.4 Å². The van der Waals surface area contributed by atoms with Crippen LogP contribution in [0.4, 0.5) is 0 Å². The highest BCUT2D eigenvalue weighted by Crippen LogP contribution is 2.28. The first-order valence-corrected chi connectivity index (χ1v) is 7.75. The van der Waals surface area contributed by atoms with Crippen LogP contribution in [-0.4, -0.2) is 35.6 Å². The molecule has 2 rings (SSSR count). The van der Waals surface area contributed by atoms with Crippen LogP contribution in [0.1, 0.15) is 37.9 Å². The fourth-order valence-corrected chi connectivity index (χ4v) is 2.73. The van der Waals surface area contributed by atoms with Gasteiger partial charge in [0.25, 0.3) is 5.91 Å². The fourth-order valence-electron chi connectivity index (χ4n) is 2.35. The van der Waals surface area contributed by atoms with Crippen molar-refractivity contribution in [3.8, 4) is 5.75 Å². The molecule has 1 aromatic carbocycles. The van der Waals surface area contributed by atoms with Gasteiger partial charge in [-0.1, -0.05) is 15.9 Å². The molecule has 1 atom stereocenters. The third-order valence-electron chi connectivity index (χ3n) is 3.48. The van der Waals surface area contributed by atoms with E-state index in [1.807, 2.05) is 17.0 Å². The smallest absolute Gasteiger partial charge is 0.260 e. The molecule has 0 unspecified atom stereocenters. The number of benzene rings is 1. The number of nitrogens with zero attached hydrogens (tertiary/aromatic N) is 1. The third-order valence-corrected chi connectivity index (χ3v) is 3.98. The number of amides is 1. The van der Waals surface area contributed by atoms with Gasteiger partial charge in [-0.3, -0.25) is 4.79 Å². The van der Waals surface area contributed by atoms with Crippen LogP contribution >= 0.6 is 15.9 Å². The van der Waals surface area contributed by atoms with Crippen LogP contribution in [0, 0.1) is 0 Å². The molecule has 0 aliphatic carbocycles. The molecule has 4 nitrogen and oxygen atoms in total. The van der Waals surface area contributed by atoms with Crippen molar-refractivity contribution < 1.29 is 14.6 Å². The number of aliphatic hydroxyl groups excluding tert-OH is 1. The normalized spacial score (nSPS) is 16.9. The summed E-state index contributed by atoms with van der Waals surface area (Å²) in [6.45, 7) is 3.36. The van der Waals surface area contributed by atoms with Crippen LogP contribution in [0.2, 0.25) is 0 Å². The van der Waals surface area contributed by atoms with Gasteiger partial charge in [0.05, 0.1) is 6.10 Å². The minimum Gasteiger partial charge on any atom is -0.483 e. The van der Waals surface area contributed by atoms with Gasteiger partial charge in [0.15, 0.2) is 6.61 Å². The lowest BCUT2D eigenvalue weighted by atomic mass is 10.1. The zero-order chi connectivity index (χ0) is 14.5. The Hall–Kier alpha value is -1.07. The van der Waals surface area contributed by atoms with Gasteiger partial charge < -0.3 is 14.7 Å². The lowest BCUT2D eigenvalue weighted by Crippen LogP contribution is -2.38. The van der Waals surface area contributed by atoms with Gasteiger partial charge in [-0.15, -0.1) is 0 Å². The molecule has 0 radical (unpaired) electrons. The second kappa shape index (κ2) is 7.09. The first-order chi connectivity index (χ1) is 9.58. The van der Waals surface area contributed by atoms with E-state index in [1.54, 1.807) is 13.0 Å². The first-order valence-electron chi connectivity index (χ1n) is 6.96. The minimum atomic E-state index is -0.632. The maximum atomic E-state index is 12.0. The highest BCUT2D eigenvalue weighted by atomic mass is 79.9. The monoisotopic (exact) mass is 341 g/mol. The van der Waals surface area contributed by atoms with Gasteiger partial charge >= 0.3 is 0 Å². The molecule has 20 heavy (non-hydrogen) atoms. The number of likely N-dealkylation sites (tertiary alicyclic amines) is 1. The first kappa shape index (κ1) is 15.3. The number of hydrogen-bond donors (Lipinski definition) is 1. The molecule has 0 aromatic heterocycles. The number of aliphatic hydroxyl groups is 1. The summed E-state index contributed by atoms with van der Waals surface area (Å²) >= 11 is 3.37. The molecular weight excluding hydrogens is 322 g/mol. The lowest BCUT2D eigenvalue weighted by molar-refractivity contribution is -0.134. The highest BCUT2D eigenvalue weighted by molar-refractivity contribution is 9.10. The molecule has 110 valence electrons. The predicted molar refractivity (Wildman–Crippen MR) is 80.7 cm³/mol. The summed E-state index contributed by atoms with van der Waals surface area (Å²) in [5.74, 6) is 0.581. The summed E-state index contributed by atoms with van der Waals surface area (Å²) in [5.41, 5.74) is 0.686. The van der Waals surface area contributed by atoms with Crippen molar-refractivity contribution >= 4 is 21.8 Å². The molecule has 0 saturated carbocycles. The topological polar surface area (TPSA) is 49.8 Å². The Labute approximate surface area is 127 Å². The van der Waals surface area contributed by atoms with E-state index < -0.39 is 6.10 Å². The van der Waals surface area contributed by atoms with Crippen molar-refractivity contribution in [3.05, 3.63) is 28.2 Å². The van der Waals surface area contributed by atoms with Crippen LogP contribution in [0.3, 0.4) is 0 Å². The SMILES string of the molecule is C[C@H](O)c1cc(Br)ccc1OCC(=O)N1CCCCC1. The van der Waals surface area contributed by atoms with Crippen molar-refractivity contribution in [2.45, 2.75) is 32.3 Å². The molecule has 1 aliphatic rings. The number of hydrogen-bond acceptors (Lipinski definition) is 3. The molecule has 1 heterocycles. The Morgan fingerprint density at radius 3 is 2.75 bits per heavy atom. The van der Waals surface area contributed by atoms with Gasteiger partial charge in [-0.25, -0.2) is 0 Å². The standard InChI is InChI=1S/C15H20BrNO3/c1-11(18)13-9-12(16)5-6-14(13)20-10-15(19)17-7-3-2-4-8-17/h5-6,9,11,18H,2-4,7-8,10H2,1H3/t11-/m0/s1. The number of carbonyl (C=O) groups is 1. The van der Waals surface area contributed by atoms with Crippen molar-refractivity contribution in [3.63, 3.8) is 0 Å². The van der Waals surface area contributed by atoms with Crippen LogP contribution in [0.25, 0.3) is 0 Å². The number of rotatable bonds is 4. The van der Waals surface area contributed by atoms with Gasteiger partial charge in [0, 0.05) is 23.1 Å². The van der Waals surface area contributed by atoms with E-state index in [4.69, 9.17) is 4.74 Å². The lowest BCUT2D eigenvalue weighted by Gasteiger charge is -2.26. The number of piperidine rings is 1. The summed E-state index contributed by atoms with van der Waals surface area (Å²) in [5, 5.41) is 9.75. The molecule has 1 aliphatic heterocycles. The Kier molecular flexibility index (Phi) is 5.43. The molecular formula is C15H20BrNO3. The molecule has 5 heteroatoms. The molecule has 1 fully saturated rings. The van der Waals surface area contributed by atoms with Gasteiger partial charge in [-0.2, -0.15) is 0 Å². The summed E-state index contributed by atoms with van der Waals surface area (Å²) in [6, 6.07) is 5.42. The number of ether oxygens (including phenoxy) is 1. The second-order valence-corrected chi connectivity index (χ2v) is 6.00. The third kappa shape index (κ3) is 3.96. The van der Waals surface area contributed by atoms with Crippen molar-refractivity contribution in [2.75, 3.05) is 19.7 Å². The second-order valence-electron chi connectivity index (χ2n) is 5.09. The van der Waals surface area contributed by atoms with E-state index in [1.165, 1.54) is 6.42 Å². The molecule has 1 aromatic rings. The maximum Gasteiger partial charge on any atom is 0.260 e. The zero-order valence-electron chi connectivity index (χ0n) is 11.6. The van der Waals surface area contributed by atoms with E-state index in [2.05, 4.69) is 15.9 Å². The van der Waals surface area contributed by atoms with E-state index in [0.717, 1.165) is 30.4 Å². The van der Waals surface area contributed by atoms with E-state index in [9.17, 15) is 9.90 Å². The van der Waals surface area contributed by atoms with Crippen LogP contribution in [0.15, 0.2) is 22.7 Å². The summed E-state index contributed by atoms with van der Waals surface area (Å²) < 4.78 is 6.47. The average Bonchev–Trinajstić information content (AvgIpc) is 2.46. The summed E-state index contributed by atoms with van der Waals surface area (Å²) in [4.78, 5) is 13.9. The number of carbonyl (C=O) groups excluding carboxylic acids is 1. The Bertz CT molecular complexity index is 470. The number of halogens is 1. The van der Waals surface area contributed by atoms with Crippen LogP contribution < -0.4 is 4.74 Å². The Morgan fingerprint density at radius 2 is 2.10 bits per heavy atom. The van der Waals surface area contributed by atoms with Crippen molar-refractivity contribution in [2.24, 2.45) is 0 Å². The molecule has 0 bridgehead atoms. The molecule has 1 amide bonds. The summed E-state index contributed by atoms with van der Waals surface area (Å²) in [6.07, 6.45) is 2.71. The maximum absolute atomic E-state index is 12.0. The largest absolute Gasteiger partial charge is 0.483 e. The summed E-state index contributed by atoms with van der Waals surface area (Å²) in [7, 11) is 0. The predicted octanol–water partition coefficient (Wildman–Crippen LogP) is 2.89. The highest BCUT2D eigenvalue weighted by Gasteiger charge is 2.18. The fraction of sp³-hybridized carbons (Fsp3) is 0.533. The Morgan fingerprint density at radius 1 is 1.40 bits per heavy atom.